The quantitative estimate of drug-likeness (QED) is 0.377. The second-order valence-corrected chi connectivity index (χ2v) is 11.8. The molecule has 0 unspecified atom stereocenters. The zero-order valence-electron chi connectivity index (χ0n) is 21.7. The molecule has 3 aromatic carbocycles. The fourth-order valence-electron chi connectivity index (χ4n) is 4.33. The van der Waals surface area contributed by atoms with Crippen LogP contribution in [0.1, 0.15) is 22.3 Å². The topological polar surface area (TPSA) is 86.8 Å². The first-order chi connectivity index (χ1) is 17.9. The minimum Gasteiger partial charge on any atom is -0.357 e. The molecular weight excluding hydrogens is 545 g/mol. The SMILES string of the molecule is CNC(=O)[C@@H](Cc1ccccc1)N(Cc1ccc(Cl)c(Cl)c1)C(=O)CN(c1c(C)cccc1C)S(C)(=O)=O. The molecular formula is C28H31Cl2N3O4S. The third-order valence-electron chi connectivity index (χ3n) is 6.22. The van der Waals surface area contributed by atoms with Gasteiger partial charge in [-0.3, -0.25) is 13.9 Å². The van der Waals surface area contributed by atoms with E-state index in [-0.39, 0.29) is 18.9 Å². The Morgan fingerprint density at radius 1 is 0.895 bits per heavy atom. The van der Waals surface area contributed by atoms with Gasteiger partial charge in [0.1, 0.15) is 12.6 Å². The van der Waals surface area contributed by atoms with Crippen molar-refractivity contribution in [3.05, 3.63) is 99.0 Å². The van der Waals surface area contributed by atoms with Crippen LogP contribution < -0.4 is 9.62 Å². The maximum atomic E-state index is 14.0. The Balaban J connectivity index is 2.08. The summed E-state index contributed by atoms with van der Waals surface area (Å²) in [5, 5.41) is 3.32. The van der Waals surface area contributed by atoms with Crippen LogP contribution in [0.5, 0.6) is 0 Å². The number of amides is 2. The van der Waals surface area contributed by atoms with E-state index in [0.717, 1.165) is 16.1 Å². The molecule has 7 nitrogen and oxygen atoms in total. The number of aryl methyl sites for hydroxylation is 2. The molecule has 1 atom stereocenters. The Morgan fingerprint density at radius 2 is 1.53 bits per heavy atom. The fraction of sp³-hybridized carbons (Fsp3) is 0.286. The highest BCUT2D eigenvalue weighted by atomic mass is 35.5. The summed E-state index contributed by atoms with van der Waals surface area (Å²) in [6.07, 6.45) is 1.30. The number of carbonyl (C=O) groups is 2. The predicted molar refractivity (Wildman–Crippen MR) is 153 cm³/mol. The number of likely N-dealkylation sites (N-methyl/N-ethyl adjacent to an activating group) is 1. The second-order valence-electron chi connectivity index (χ2n) is 9.10. The van der Waals surface area contributed by atoms with Crippen molar-refractivity contribution in [1.29, 1.82) is 0 Å². The molecule has 3 rings (SSSR count). The molecule has 38 heavy (non-hydrogen) atoms. The molecule has 202 valence electrons. The lowest BCUT2D eigenvalue weighted by molar-refractivity contribution is -0.139. The second kappa shape index (κ2) is 12.7. The van der Waals surface area contributed by atoms with Crippen LogP contribution >= 0.6 is 23.2 Å². The van der Waals surface area contributed by atoms with Crippen LogP contribution in [0.2, 0.25) is 10.0 Å². The molecule has 0 bridgehead atoms. The molecule has 0 radical (unpaired) electrons. The van der Waals surface area contributed by atoms with E-state index >= 15 is 0 Å². The maximum Gasteiger partial charge on any atom is 0.244 e. The predicted octanol–water partition coefficient (Wildman–Crippen LogP) is 4.76. The van der Waals surface area contributed by atoms with Gasteiger partial charge in [0, 0.05) is 20.0 Å². The van der Waals surface area contributed by atoms with Gasteiger partial charge >= 0.3 is 0 Å². The monoisotopic (exact) mass is 575 g/mol. The summed E-state index contributed by atoms with van der Waals surface area (Å²) >= 11 is 12.3. The van der Waals surface area contributed by atoms with E-state index in [1.54, 1.807) is 44.2 Å². The molecule has 0 saturated heterocycles. The average molecular weight is 577 g/mol. The van der Waals surface area contributed by atoms with Crippen LogP contribution in [0.15, 0.2) is 66.7 Å². The number of para-hydroxylation sites is 1. The Labute approximate surface area is 234 Å². The molecule has 1 N–H and O–H groups in total. The number of halogens is 2. The normalized spacial score (nSPS) is 12.1. The number of nitrogens with zero attached hydrogens (tertiary/aromatic N) is 2. The van der Waals surface area contributed by atoms with Crippen LogP contribution in [0, 0.1) is 13.8 Å². The first-order valence-corrected chi connectivity index (χ1v) is 14.6. The highest BCUT2D eigenvalue weighted by molar-refractivity contribution is 7.92. The standard InChI is InChI=1S/C28H31Cl2N3O4S/c1-19-9-8-10-20(2)27(19)33(38(4,36)37)18-26(34)32(17-22-13-14-23(29)24(30)15-22)25(28(35)31-3)16-21-11-6-5-7-12-21/h5-15,25H,16-18H2,1-4H3,(H,31,35)/t25-/m1/s1. The smallest absolute Gasteiger partial charge is 0.244 e. The number of benzene rings is 3. The summed E-state index contributed by atoms with van der Waals surface area (Å²) in [7, 11) is -2.34. The lowest BCUT2D eigenvalue weighted by Crippen LogP contribution is -2.53. The lowest BCUT2D eigenvalue weighted by Gasteiger charge is -2.34. The van der Waals surface area contributed by atoms with Crippen molar-refractivity contribution in [2.75, 3.05) is 24.2 Å². The molecule has 3 aromatic rings. The molecule has 2 amide bonds. The summed E-state index contributed by atoms with van der Waals surface area (Å²) in [6.45, 7) is 3.13. The van der Waals surface area contributed by atoms with E-state index in [2.05, 4.69) is 5.32 Å². The Hall–Kier alpha value is -3.07. The van der Waals surface area contributed by atoms with Gasteiger partial charge in [-0.1, -0.05) is 77.8 Å². The zero-order valence-corrected chi connectivity index (χ0v) is 24.1. The number of anilines is 1. The van der Waals surface area contributed by atoms with Gasteiger partial charge in [-0.2, -0.15) is 0 Å². The Kier molecular flexibility index (Phi) is 9.82. The van der Waals surface area contributed by atoms with E-state index in [9.17, 15) is 18.0 Å². The number of rotatable bonds is 10. The molecule has 10 heteroatoms. The van der Waals surface area contributed by atoms with Gasteiger partial charge in [0.15, 0.2) is 0 Å². The minimum atomic E-state index is -3.84. The first kappa shape index (κ1) is 29.5. The van der Waals surface area contributed by atoms with Crippen molar-refractivity contribution in [3.63, 3.8) is 0 Å². The molecule has 0 spiro atoms. The van der Waals surface area contributed by atoms with E-state index in [1.807, 2.05) is 36.4 Å². The van der Waals surface area contributed by atoms with E-state index in [4.69, 9.17) is 23.2 Å². The van der Waals surface area contributed by atoms with E-state index < -0.39 is 28.5 Å². The van der Waals surface area contributed by atoms with Crippen LogP contribution in [0.4, 0.5) is 5.69 Å². The number of hydrogen-bond donors (Lipinski definition) is 1. The largest absolute Gasteiger partial charge is 0.357 e. The number of sulfonamides is 1. The molecule has 0 saturated carbocycles. The summed E-state index contributed by atoms with van der Waals surface area (Å²) in [5.74, 6) is -0.908. The maximum absolute atomic E-state index is 14.0. The summed E-state index contributed by atoms with van der Waals surface area (Å²) in [5.41, 5.74) is 3.37. The summed E-state index contributed by atoms with van der Waals surface area (Å²) < 4.78 is 27.0. The molecule has 0 fully saturated rings. The molecule has 0 aliphatic carbocycles. The number of nitrogens with one attached hydrogen (secondary N) is 1. The summed E-state index contributed by atoms with van der Waals surface area (Å²) in [4.78, 5) is 28.5. The van der Waals surface area contributed by atoms with Crippen LogP contribution in [-0.4, -0.2) is 51.0 Å². The lowest BCUT2D eigenvalue weighted by atomic mass is 10.0. The number of hydrogen-bond acceptors (Lipinski definition) is 4. The summed E-state index contributed by atoms with van der Waals surface area (Å²) in [6, 6.07) is 18.8. The van der Waals surface area contributed by atoms with Gasteiger partial charge in [0.05, 0.1) is 22.0 Å². The highest BCUT2D eigenvalue weighted by Gasteiger charge is 2.33. The number of carbonyl (C=O) groups excluding carboxylic acids is 2. The van der Waals surface area contributed by atoms with E-state index in [0.29, 0.717) is 32.4 Å². The Morgan fingerprint density at radius 3 is 2.08 bits per heavy atom. The molecule has 0 aliphatic heterocycles. The molecule has 0 aromatic heterocycles. The van der Waals surface area contributed by atoms with Gasteiger partial charge < -0.3 is 10.2 Å². The van der Waals surface area contributed by atoms with Gasteiger partial charge in [0.2, 0.25) is 21.8 Å². The van der Waals surface area contributed by atoms with Crippen molar-refractivity contribution in [2.24, 2.45) is 0 Å². The van der Waals surface area contributed by atoms with Gasteiger partial charge in [0.25, 0.3) is 0 Å². The molecule has 0 aliphatic rings. The van der Waals surface area contributed by atoms with Crippen molar-refractivity contribution in [2.45, 2.75) is 32.9 Å². The highest BCUT2D eigenvalue weighted by Crippen LogP contribution is 2.28. The van der Waals surface area contributed by atoms with Crippen molar-refractivity contribution in [1.82, 2.24) is 10.2 Å². The van der Waals surface area contributed by atoms with Crippen molar-refractivity contribution >= 4 is 50.7 Å². The van der Waals surface area contributed by atoms with Gasteiger partial charge in [-0.05, 0) is 48.2 Å². The Bertz CT molecular complexity index is 1390. The van der Waals surface area contributed by atoms with Crippen molar-refractivity contribution < 1.29 is 18.0 Å². The zero-order chi connectivity index (χ0) is 28.0. The van der Waals surface area contributed by atoms with Gasteiger partial charge in [-0.15, -0.1) is 0 Å². The third-order valence-corrected chi connectivity index (χ3v) is 8.07. The fourth-order valence-corrected chi connectivity index (χ4v) is 5.62. The minimum absolute atomic E-state index is 0.0188. The van der Waals surface area contributed by atoms with Crippen LogP contribution in [-0.2, 0) is 32.6 Å². The van der Waals surface area contributed by atoms with Gasteiger partial charge in [-0.25, -0.2) is 8.42 Å². The van der Waals surface area contributed by atoms with Crippen LogP contribution in [0.3, 0.4) is 0 Å². The third kappa shape index (κ3) is 7.28. The van der Waals surface area contributed by atoms with E-state index in [1.165, 1.54) is 11.9 Å². The molecule has 0 heterocycles. The average Bonchev–Trinajstić information content (AvgIpc) is 2.87. The first-order valence-electron chi connectivity index (χ1n) is 11.9. The van der Waals surface area contributed by atoms with Crippen molar-refractivity contribution in [3.8, 4) is 0 Å². The van der Waals surface area contributed by atoms with Crippen LogP contribution in [0.25, 0.3) is 0 Å².